The second-order valence-electron chi connectivity index (χ2n) is 5.28. The molecule has 0 unspecified atom stereocenters. The molecule has 1 N–H and O–H groups in total. The third-order valence-electron chi connectivity index (χ3n) is 3.44. The Bertz CT molecular complexity index is 1140. The maximum atomic E-state index is 13.9. The molecule has 0 aliphatic carbocycles. The van der Waals surface area contributed by atoms with Crippen LogP contribution in [0.2, 0.25) is 8.67 Å². The van der Waals surface area contributed by atoms with Gasteiger partial charge in [0.25, 0.3) is 15.9 Å². The number of nitrogens with one attached hydrogen (secondary N) is 1. The van der Waals surface area contributed by atoms with Crippen LogP contribution in [-0.4, -0.2) is 23.9 Å². The fourth-order valence-electron chi connectivity index (χ4n) is 2.26. The third kappa shape index (κ3) is 3.84. The predicted molar refractivity (Wildman–Crippen MR) is 97.6 cm³/mol. The second-order valence-corrected chi connectivity index (χ2v) is 9.22. The number of amides is 1. The summed E-state index contributed by atoms with van der Waals surface area (Å²) >= 11 is 12.3. The van der Waals surface area contributed by atoms with Gasteiger partial charge in [-0.3, -0.25) is 4.79 Å². The molecule has 1 amide bonds. The van der Waals surface area contributed by atoms with Crippen LogP contribution in [0.15, 0.2) is 35.4 Å². The Morgan fingerprint density at radius 1 is 1.26 bits per heavy atom. The van der Waals surface area contributed by atoms with Crippen molar-refractivity contribution in [3.8, 4) is 11.4 Å². The molecule has 2 heterocycles. The summed E-state index contributed by atoms with van der Waals surface area (Å²) < 4.78 is 55.5. The first kappa shape index (κ1) is 19.7. The Morgan fingerprint density at radius 2 is 1.89 bits per heavy atom. The highest BCUT2D eigenvalue weighted by molar-refractivity contribution is 7.90. The summed E-state index contributed by atoms with van der Waals surface area (Å²) in [5.74, 6) is -3.01. The minimum absolute atomic E-state index is 0.115. The molecule has 0 atom stereocenters. The van der Waals surface area contributed by atoms with Crippen molar-refractivity contribution < 1.29 is 22.0 Å². The number of carbonyl (C=O) groups excluding carboxylic acids is 1. The Morgan fingerprint density at radius 3 is 2.44 bits per heavy atom. The van der Waals surface area contributed by atoms with E-state index in [0.29, 0.717) is 0 Å². The van der Waals surface area contributed by atoms with Gasteiger partial charge in [-0.25, -0.2) is 26.9 Å². The van der Waals surface area contributed by atoms with Crippen LogP contribution in [0.25, 0.3) is 11.4 Å². The standard InChI is InChI=1S/C15H9Cl2F2N3O3S2/c1-22-6-9(20-14(22)12-7(18)3-2-4-8(12)19)15(23)21-27(24,25)10-5-11(16)26-13(10)17/h2-6H,1H3,(H,21,23). The van der Waals surface area contributed by atoms with Crippen LogP contribution in [0.4, 0.5) is 8.78 Å². The van der Waals surface area contributed by atoms with Crippen LogP contribution in [0, 0.1) is 11.6 Å². The Balaban J connectivity index is 1.94. The average molecular weight is 452 g/mol. The molecule has 0 aliphatic heterocycles. The summed E-state index contributed by atoms with van der Waals surface area (Å²) in [5.41, 5.74) is -0.786. The van der Waals surface area contributed by atoms with E-state index >= 15 is 0 Å². The number of hydrogen-bond donors (Lipinski definition) is 1. The van der Waals surface area contributed by atoms with Crippen LogP contribution in [0.3, 0.4) is 0 Å². The second kappa shape index (κ2) is 7.19. The molecule has 1 aromatic carbocycles. The van der Waals surface area contributed by atoms with E-state index < -0.39 is 33.1 Å². The van der Waals surface area contributed by atoms with E-state index in [4.69, 9.17) is 23.2 Å². The van der Waals surface area contributed by atoms with Crippen molar-refractivity contribution in [2.45, 2.75) is 4.90 Å². The number of hydrogen-bond acceptors (Lipinski definition) is 5. The molecule has 0 bridgehead atoms. The van der Waals surface area contributed by atoms with Crippen molar-refractivity contribution in [2.75, 3.05) is 0 Å². The van der Waals surface area contributed by atoms with Crippen molar-refractivity contribution in [1.29, 1.82) is 0 Å². The van der Waals surface area contributed by atoms with E-state index in [1.165, 1.54) is 17.7 Å². The fraction of sp³-hybridized carbons (Fsp3) is 0.0667. The maximum absolute atomic E-state index is 13.9. The van der Waals surface area contributed by atoms with Crippen LogP contribution in [0.5, 0.6) is 0 Å². The zero-order valence-corrected chi connectivity index (χ0v) is 16.5. The summed E-state index contributed by atoms with van der Waals surface area (Å²) in [6.45, 7) is 0. The highest BCUT2D eigenvalue weighted by Gasteiger charge is 2.26. The van der Waals surface area contributed by atoms with Gasteiger partial charge < -0.3 is 4.57 Å². The molecular formula is C15H9Cl2F2N3O3S2. The van der Waals surface area contributed by atoms with E-state index in [-0.39, 0.29) is 25.1 Å². The predicted octanol–water partition coefficient (Wildman–Crippen LogP) is 3.85. The lowest BCUT2D eigenvalue weighted by Crippen LogP contribution is -2.30. The molecular weight excluding hydrogens is 443 g/mol. The zero-order chi connectivity index (χ0) is 19.9. The number of thiophene rings is 1. The minimum atomic E-state index is -4.30. The van der Waals surface area contributed by atoms with Crippen molar-refractivity contribution in [3.63, 3.8) is 0 Å². The monoisotopic (exact) mass is 451 g/mol. The average Bonchev–Trinajstić information content (AvgIpc) is 3.10. The smallest absolute Gasteiger partial charge is 0.285 e. The molecule has 6 nitrogen and oxygen atoms in total. The Kier molecular flexibility index (Phi) is 5.26. The normalized spacial score (nSPS) is 11.6. The topological polar surface area (TPSA) is 81.1 Å². The molecule has 3 rings (SSSR count). The number of halogens is 4. The number of nitrogens with zero attached hydrogens (tertiary/aromatic N) is 2. The molecule has 12 heteroatoms. The summed E-state index contributed by atoms with van der Waals surface area (Å²) in [4.78, 5) is 15.8. The van der Waals surface area contributed by atoms with E-state index in [9.17, 15) is 22.0 Å². The third-order valence-corrected chi connectivity index (χ3v) is 6.52. The summed E-state index contributed by atoms with van der Waals surface area (Å²) in [7, 11) is -2.89. The van der Waals surface area contributed by atoms with Gasteiger partial charge in [-0.1, -0.05) is 29.3 Å². The Labute approximate surface area is 166 Å². The first-order valence-corrected chi connectivity index (χ1v) is 10.2. The van der Waals surface area contributed by atoms with Crippen molar-refractivity contribution >= 4 is 50.5 Å². The minimum Gasteiger partial charge on any atom is -0.333 e. The molecule has 0 spiro atoms. The molecule has 0 saturated carbocycles. The van der Waals surface area contributed by atoms with Crippen molar-refractivity contribution in [3.05, 3.63) is 56.5 Å². The van der Waals surface area contributed by atoms with Gasteiger partial charge >= 0.3 is 0 Å². The summed E-state index contributed by atoms with van der Waals surface area (Å²) in [6, 6.07) is 4.37. The number of aryl methyl sites for hydroxylation is 1. The zero-order valence-electron chi connectivity index (χ0n) is 13.3. The number of benzene rings is 1. The highest BCUT2D eigenvalue weighted by Crippen LogP contribution is 2.34. The van der Waals surface area contributed by atoms with Gasteiger partial charge in [0, 0.05) is 13.2 Å². The number of sulfonamides is 1. The van der Waals surface area contributed by atoms with Crippen LogP contribution < -0.4 is 4.72 Å². The number of carbonyl (C=O) groups is 1. The lowest BCUT2D eigenvalue weighted by molar-refractivity contribution is 0.0977. The molecule has 0 fully saturated rings. The molecule has 3 aromatic rings. The SMILES string of the molecule is Cn1cc(C(=O)NS(=O)(=O)c2cc(Cl)sc2Cl)nc1-c1c(F)cccc1F. The highest BCUT2D eigenvalue weighted by atomic mass is 35.5. The van der Waals surface area contributed by atoms with E-state index in [1.807, 2.05) is 0 Å². The molecule has 0 saturated heterocycles. The number of aromatic nitrogens is 2. The Hall–Kier alpha value is -2.01. The number of imidazole rings is 1. The van der Waals surface area contributed by atoms with E-state index in [1.54, 1.807) is 4.72 Å². The van der Waals surface area contributed by atoms with Gasteiger partial charge in [-0.15, -0.1) is 11.3 Å². The van der Waals surface area contributed by atoms with Gasteiger partial charge in [0.15, 0.2) is 0 Å². The van der Waals surface area contributed by atoms with Crippen LogP contribution in [0.1, 0.15) is 10.5 Å². The first-order chi connectivity index (χ1) is 12.6. The first-order valence-electron chi connectivity index (χ1n) is 7.10. The van der Waals surface area contributed by atoms with Gasteiger partial charge in [0.2, 0.25) is 0 Å². The quantitative estimate of drug-likeness (QED) is 0.652. The molecule has 0 radical (unpaired) electrons. The van der Waals surface area contributed by atoms with E-state index in [2.05, 4.69) is 4.98 Å². The largest absolute Gasteiger partial charge is 0.333 e. The van der Waals surface area contributed by atoms with Crippen molar-refractivity contribution in [1.82, 2.24) is 14.3 Å². The molecule has 27 heavy (non-hydrogen) atoms. The van der Waals surface area contributed by atoms with Gasteiger partial charge in [-0.05, 0) is 18.2 Å². The number of rotatable bonds is 4. The molecule has 0 aliphatic rings. The van der Waals surface area contributed by atoms with Gasteiger partial charge in [0.1, 0.15) is 32.4 Å². The fourth-order valence-corrected chi connectivity index (χ4v) is 5.37. The van der Waals surface area contributed by atoms with Crippen LogP contribution in [-0.2, 0) is 17.1 Å². The van der Waals surface area contributed by atoms with Gasteiger partial charge in [-0.2, -0.15) is 0 Å². The lowest BCUT2D eigenvalue weighted by atomic mass is 10.2. The van der Waals surface area contributed by atoms with Crippen molar-refractivity contribution in [2.24, 2.45) is 7.05 Å². The van der Waals surface area contributed by atoms with Crippen LogP contribution >= 0.6 is 34.5 Å². The lowest BCUT2D eigenvalue weighted by Gasteiger charge is -2.04. The maximum Gasteiger partial charge on any atom is 0.285 e. The van der Waals surface area contributed by atoms with Gasteiger partial charge in [0.05, 0.1) is 9.90 Å². The summed E-state index contributed by atoms with van der Waals surface area (Å²) in [6.07, 6.45) is 1.15. The molecule has 142 valence electrons. The summed E-state index contributed by atoms with van der Waals surface area (Å²) in [5, 5.41) is 0. The van der Waals surface area contributed by atoms with E-state index in [0.717, 1.165) is 35.7 Å². The molecule has 2 aromatic heterocycles.